The summed E-state index contributed by atoms with van der Waals surface area (Å²) < 4.78 is 5.11. The van der Waals surface area contributed by atoms with Crippen molar-refractivity contribution in [3.8, 4) is 17.0 Å². The van der Waals surface area contributed by atoms with Gasteiger partial charge in [0.1, 0.15) is 17.8 Å². The molecule has 0 fully saturated rings. The molecule has 0 saturated carbocycles. The Morgan fingerprint density at radius 2 is 1.94 bits per heavy atom. The molecule has 4 heteroatoms. The largest absolute Gasteiger partial charge is 0.497 e. The SMILES string of the molecule is CCc1ncnnc1-c1ccc(OC)cc1. The van der Waals surface area contributed by atoms with E-state index in [2.05, 4.69) is 22.1 Å². The van der Waals surface area contributed by atoms with Crippen molar-refractivity contribution in [2.75, 3.05) is 7.11 Å². The highest BCUT2D eigenvalue weighted by Crippen LogP contribution is 2.22. The molecule has 16 heavy (non-hydrogen) atoms. The van der Waals surface area contributed by atoms with Gasteiger partial charge in [0, 0.05) is 5.56 Å². The second kappa shape index (κ2) is 4.70. The van der Waals surface area contributed by atoms with Gasteiger partial charge in [0.05, 0.1) is 12.8 Å². The Morgan fingerprint density at radius 1 is 1.19 bits per heavy atom. The molecule has 82 valence electrons. The van der Waals surface area contributed by atoms with E-state index >= 15 is 0 Å². The Balaban J connectivity index is 2.42. The van der Waals surface area contributed by atoms with E-state index in [1.807, 2.05) is 24.3 Å². The van der Waals surface area contributed by atoms with Gasteiger partial charge in [-0.15, -0.1) is 10.2 Å². The van der Waals surface area contributed by atoms with Gasteiger partial charge in [0.2, 0.25) is 0 Å². The van der Waals surface area contributed by atoms with E-state index in [1.165, 1.54) is 6.33 Å². The molecule has 0 N–H and O–H groups in total. The lowest BCUT2D eigenvalue weighted by molar-refractivity contribution is 0.415. The van der Waals surface area contributed by atoms with Crippen molar-refractivity contribution in [3.63, 3.8) is 0 Å². The predicted molar refractivity (Wildman–Crippen MR) is 61.2 cm³/mol. The number of methoxy groups -OCH3 is 1. The molecule has 0 aliphatic heterocycles. The lowest BCUT2D eigenvalue weighted by Crippen LogP contribution is -1.97. The number of rotatable bonds is 3. The van der Waals surface area contributed by atoms with Crippen molar-refractivity contribution >= 4 is 0 Å². The van der Waals surface area contributed by atoms with Gasteiger partial charge in [-0.25, -0.2) is 4.98 Å². The van der Waals surface area contributed by atoms with Gasteiger partial charge in [0.15, 0.2) is 0 Å². The zero-order chi connectivity index (χ0) is 11.4. The maximum Gasteiger partial charge on any atom is 0.138 e. The third kappa shape index (κ3) is 2.00. The molecule has 2 aromatic rings. The minimum atomic E-state index is 0.832. The first kappa shape index (κ1) is 10.5. The van der Waals surface area contributed by atoms with Gasteiger partial charge in [0.25, 0.3) is 0 Å². The van der Waals surface area contributed by atoms with Crippen LogP contribution >= 0.6 is 0 Å². The molecule has 0 aliphatic carbocycles. The predicted octanol–water partition coefficient (Wildman–Crippen LogP) is 2.11. The molecule has 1 aromatic carbocycles. The molecule has 0 radical (unpaired) electrons. The number of hydrogen-bond donors (Lipinski definition) is 0. The first-order valence-corrected chi connectivity index (χ1v) is 5.16. The van der Waals surface area contributed by atoms with Crippen molar-refractivity contribution in [3.05, 3.63) is 36.3 Å². The molecule has 1 heterocycles. The van der Waals surface area contributed by atoms with Gasteiger partial charge < -0.3 is 4.74 Å². The Bertz CT molecular complexity index is 468. The summed E-state index contributed by atoms with van der Waals surface area (Å²) in [6.45, 7) is 2.05. The van der Waals surface area contributed by atoms with Crippen LogP contribution in [0.5, 0.6) is 5.75 Å². The summed E-state index contributed by atoms with van der Waals surface area (Å²) in [5.74, 6) is 0.832. The minimum Gasteiger partial charge on any atom is -0.497 e. The Hall–Kier alpha value is -1.97. The third-order valence-electron chi connectivity index (χ3n) is 2.39. The average Bonchev–Trinajstić information content (AvgIpc) is 2.39. The number of benzene rings is 1. The number of nitrogens with zero attached hydrogens (tertiary/aromatic N) is 3. The molecular formula is C12H13N3O. The van der Waals surface area contributed by atoms with Gasteiger partial charge in [-0.2, -0.15) is 0 Å². The fraction of sp³-hybridized carbons (Fsp3) is 0.250. The van der Waals surface area contributed by atoms with Crippen LogP contribution in [0, 0.1) is 0 Å². The second-order valence-electron chi connectivity index (χ2n) is 3.34. The third-order valence-corrected chi connectivity index (χ3v) is 2.39. The molecule has 0 bridgehead atoms. The molecule has 0 spiro atoms. The van der Waals surface area contributed by atoms with Crippen LogP contribution in [0.3, 0.4) is 0 Å². The standard InChI is InChI=1S/C12H13N3O/c1-3-11-12(15-14-8-13-11)9-4-6-10(16-2)7-5-9/h4-8H,3H2,1-2H3. The molecule has 0 amide bonds. The van der Waals surface area contributed by atoms with Gasteiger partial charge >= 0.3 is 0 Å². The second-order valence-corrected chi connectivity index (χ2v) is 3.34. The molecule has 0 atom stereocenters. The average molecular weight is 215 g/mol. The molecule has 0 aliphatic rings. The van der Waals surface area contributed by atoms with Gasteiger partial charge in [-0.3, -0.25) is 0 Å². The maximum atomic E-state index is 5.11. The summed E-state index contributed by atoms with van der Waals surface area (Å²) in [5, 5.41) is 7.94. The van der Waals surface area contributed by atoms with Crippen molar-refractivity contribution in [1.82, 2.24) is 15.2 Å². The van der Waals surface area contributed by atoms with Crippen molar-refractivity contribution in [1.29, 1.82) is 0 Å². The fourth-order valence-electron chi connectivity index (χ4n) is 1.53. The van der Waals surface area contributed by atoms with E-state index in [4.69, 9.17) is 4.74 Å². The smallest absolute Gasteiger partial charge is 0.138 e. The first-order chi connectivity index (χ1) is 7.85. The molecule has 0 unspecified atom stereocenters. The Labute approximate surface area is 94.3 Å². The number of aromatic nitrogens is 3. The summed E-state index contributed by atoms with van der Waals surface area (Å²) in [7, 11) is 1.65. The van der Waals surface area contributed by atoms with E-state index in [9.17, 15) is 0 Å². The van der Waals surface area contributed by atoms with Gasteiger partial charge in [-0.1, -0.05) is 6.92 Å². The van der Waals surface area contributed by atoms with E-state index in [1.54, 1.807) is 7.11 Å². The van der Waals surface area contributed by atoms with Crippen LogP contribution in [-0.4, -0.2) is 22.3 Å². The fourth-order valence-corrected chi connectivity index (χ4v) is 1.53. The summed E-state index contributed by atoms with van der Waals surface area (Å²) in [6, 6.07) is 7.74. The van der Waals surface area contributed by atoms with E-state index < -0.39 is 0 Å². The highest BCUT2D eigenvalue weighted by atomic mass is 16.5. The number of hydrogen-bond acceptors (Lipinski definition) is 4. The molecule has 4 nitrogen and oxygen atoms in total. The maximum absolute atomic E-state index is 5.11. The minimum absolute atomic E-state index is 0.832. The topological polar surface area (TPSA) is 47.9 Å². The van der Waals surface area contributed by atoms with E-state index in [0.29, 0.717) is 0 Å². The lowest BCUT2D eigenvalue weighted by Gasteiger charge is -2.05. The van der Waals surface area contributed by atoms with Crippen LogP contribution in [-0.2, 0) is 6.42 Å². The van der Waals surface area contributed by atoms with E-state index in [0.717, 1.165) is 29.1 Å². The van der Waals surface area contributed by atoms with Crippen molar-refractivity contribution in [2.45, 2.75) is 13.3 Å². The normalized spacial score (nSPS) is 10.1. The molecule has 2 rings (SSSR count). The van der Waals surface area contributed by atoms with Gasteiger partial charge in [-0.05, 0) is 30.7 Å². The number of aryl methyl sites for hydroxylation is 1. The first-order valence-electron chi connectivity index (χ1n) is 5.16. The Morgan fingerprint density at radius 3 is 2.56 bits per heavy atom. The van der Waals surface area contributed by atoms with Crippen LogP contribution < -0.4 is 4.74 Å². The molecule has 0 saturated heterocycles. The van der Waals surface area contributed by atoms with E-state index in [-0.39, 0.29) is 0 Å². The Kier molecular flexibility index (Phi) is 3.10. The summed E-state index contributed by atoms with van der Waals surface area (Å²) in [4.78, 5) is 4.21. The molecule has 1 aromatic heterocycles. The summed E-state index contributed by atoms with van der Waals surface area (Å²) >= 11 is 0. The highest BCUT2D eigenvalue weighted by Gasteiger charge is 2.06. The van der Waals surface area contributed by atoms with Crippen molar-refractivity contribution in [2.24, 2.45) is 0 Å². The van der Waals surface area contributed by atoms with Crippen LogP contribution in [0.1, 0.15) is 12.6 Å². The summed E-state index contributed by atoms with van der Waals surface area (Å²) in [6.07, 6.45) is 2.32. The summed E-state index contributed by atoms with van der Waals surface area (Å²) in [5.41, 5.74) is 2.81. The van der Waals surface area contributed by atoms with Crippen LogP contribution in [0.2, 0.25) is 0 Å². The number of ether oxygens (including phenoxy) is 1. The van der Waals surface area contributed by atoms with Crippen LogP contribution in [0.4, 0.5) is 0 Å². The highest BCUT2D eigenvalue weighted by molar-refractivity contribution is 5.61. The zero-order valence-corrected chi connectivity index (χ0v) is 9.34. The lowest BCUT2D eigenvalue weighted by atomic mass is 10.1. The van der Waals surface area contributed by atoms with Crippen LogP contribution in [0.25, 0.3) is 11.3 Å². The van der Waals surface area contributed by atoms with Crippen molar-refractivity contribution < 1.29 is 4.74 Å². The van der Waals surface area contributed by atoms with Crippen LogP contribution in [0.15, 0.2) is 30.6 Å². The zero-order valence-electron chi connectivity index (χ0n) is 9.34. The molecular weight excluding hydrogens is 202 g/mol. The monoisotopic (exact) mass is 215 g/mol. The quantitative estimate of drug-likeness (QED) is 0.786.